The number of hydrogen-bond donors (Lipinski definition) is 1. The van der Waals surface area contributed by atoms with E-state index in [9.17, 15) is 18.8 Å². The first-order chi connectivity index (χ1) is 15.3. The minimum absolute atomic E-state index is 0.000339. The Labute approximate surface area is 186 Å². The second-order valence-electron chi connectivity index (χ2n) is 8.25. The number of nitrogens with zero attached hydrogens (tertiary/aromatic N) is 2. The Morgan fingerprint density at radius 3 is 2.50 bits per heavy atom. The molecule has 168 valence electrons. The summed E-state index contributed by atoms with van der Waals surface area (Å²) >= 11 is 0. The van der Waals surface area contributed by atoms with Gasteiger partial charge >= 0.3 is 6.03 Å². The van der Waals surface area contributed by atoms with Gasteiger partial charge in [-0.3, -0.25) is 14.5 Å². The number of rotatable bonds is 8. The van der Waals surface area contributed by atoms with E-state index < -0.39 is 17.5 Å². The van der Waals surface area contributed by atoms with Crippen LogP contribution in [-0.2, 0) is 21.7 Å². The summed E-state index contributed by atoms with van der Waals surface area (Å²) in [5.41, 5.74) is -0.276. The van der Waals surface area contributed by atoms with Crippen molar-refractivity contribution < 1.29 is 23.5 Å². The molecule has 8 heteroatoms. The standard InChI is InChI=1S/C24H26FN3O4/c1-3-32-19-12-8-17(9-13-19)24(2)22(30)28(23(31)26-24)15-21(29)27(18-10-11-18)14-16-6-4-5-7-20(16)25/h4-9,12-13,18H,3,10-11,14-15H2,1-2H3,(H,26,31). The average Bonchev–Trinajstić information content (AvgIpc) is 3.58. The number of carbonyl (C=O) groups excluding carboxylic acids is 3. The number of benzene rings is 2. The average molecular weight is 439 g/mol. The van der Waals surface area contributed by atoms with Gasteiger partial charge in [-0.1, -0.05) is 30.3 Å². The van der Waals surface area contributed by atoms with Gasteiger partial charge in [0.1, 0.15) is 23.7 Å². The lowest BCUT2D eigenvalue weighted by Gasteiger charge is -2.26. The van der Waals surface area contributed by atoms with Crippen LogP contribution in [0.25, 0.3) is 0 Å². The first-order valence-electron chi connectivity index (χ1n) is 10.7. The van der Waals surface area contributed by atoms with Crippen LogP contribution in [0.1, 0.15) is 37.8 Å². The highest BCUT2D eigenvalue weighted by molar-refractivity contribution is 6.09. The van der Waals surface area contributed by atoms with Crippen molar-refractivity contribution in [2.24, 2.45) is 0 Å². The number of urea groups is 1. The molecule has 1 unspecified atom stereocenters. The lowest BCUT2D eigenvalue weighted by atomic mass is 9.92. The van der Waals surface area contributed by atoms with Crippen LogP contribution in [0, 0.1) is 5.82 Å². The quantitative estimate of drug-likeness (QED) is 0.641. The summed E-state index contributed by atoms with van der Waals surface area (Å²) in [5, 5.41) is 2.71. The SMILES string of the molecule is CCOc1ccc(C2(C)NC(=O)N(CC(=O)N(Cc3ccccc3F)C3CC3)C2=O)cc1. The summed E-state index contributed by atoms with van der Waals surface area (Å²) in [7, 11) is 0. The highest BCUT2D eigenvalue weighted by atomic mass is 19.1. The molecule has 0 spiro atoms. The zero-order chi connectivity index (χ0) is 22.9. The smallest absolute Gasteiger partial charge is 0.325 e. The molecule has 4 amide bonds. The number of nitrogens with one attached hydrogen (secondary N) is 1. The van der Waals surface area contributed by atoms with Gasteiger partial charge < -0.3 is 15.0 Å². The van der Waals surface area contributed by atoms with Crippen LogP contribution in [0.2, 0.25) is 0 Å². The minimum atomic E-state index is -1.28. The van der Waals surface area contributed by atoms with Crippen LogP contribution in [0.15, 0.2) is 48.5 Å². The van der Waals surface area contributed by atoms with Crippen LogP contribution in [0.4, 0.5) is 9.18 Å². The molecule has 4 rings (SSSR count). The number of halogens is 1. The van der Waals surface area contributed by atoms with E-state index in [-0.39, 0.29) is 30.9 Å². The lowest BCUT2D eigenvalue weighted by Crippen LogP contribution is -2.45. The largest absolute Gasteiger partial charge is 0.494 e. The highest BCUT2D eigenvalue weighted by Gasteiger charge is 2.50. The van der Waals surface area contributed by atoms with E-state index in [4.69, 9.17) is 4.74 Å². The van der Waals surface area contributed by atoms with E-state index in [0.29, 0.717) is 23.5 Å². The Kier molecular flexibility index (Phi) is 5.86. The first kappa shape index (κ1) is 21.8. The molecule has 2 aromatic rings. The predicted octanol–water partition coefficient (Wildman–Crippen LogP) is 3.18. The summed E-state index contributed by atoms with van der Waals surface area (Å²) in [6.07, 6.45) is 1.65. The van der Waals surface area contributed by atoms with E-state index >= 15 is 0 Å². The molecule has 2 aromatic carbocycles. The molecular formula is C24H26FN3O4. The zero-order valence-corrected chi connectivity index (χ0v) is 18.1. The van der Waals surface area contributed by atoms with Gasteiger partial charge in [-0.25, -0.2) is 9.18 Å². The summed E-state index contributed by atoms with van der Waals surface area (Å²) in [6.45, 7) is 3.73. The predicted molar refractivity (Wildman–Crippen MR) is 115 cm³/mol. The Morgan fingerprint density at radius 2 is 1.88 bits per heavy atom. The van der Waals surface area contributed by atoms with Crippen molar-refractivity contribution in [3.8, 4) is 5.75 Å². The van der Waals surface area contributed by atoms with Crippen LogP contribution in [0.5, 0.6) is 5.75 Å². The topological polar surface area (TPSA) is 79.0 Å². The fraction of sp³-hybridized carbons (Fsp3) is 0.375. The van der Waals surface area contributed by atoms with Crippen molar-refractivity contribution in [2.75, 3.05) is 13.2 Å². The van der Waals surface area contributed by atoms with Crippen molar-refractivity contribution in [1.82, 2.24) is 15.1 Å². The molecular weight excluding hydrogens is 413 g/mol. The Balaban J connectivity index is 1.49. The molecule has 1 aliphatic carbocycles. The van der Waals surface area contributed by atoms with Crippen molar-refractivity contribution in [2.45, 2.75) is 44.8 Å². The second-order valence-corrected chi connectivity index (χ2v) is 8.25. The van der Waals surface area contributed by atoms with E-state index in [1.165, 1.54) is 6.07 Å². The maximum Gasteiger partial charge on any atom is 0.325 e. The fourth-order valence-corrected chi connectivity index (χ4v) is 3.93. The van der Waals surface area contributed by atoms with Gasteiger partial charge in [-0.15, -0.1) is 0 Å². The van der Waals surface area contributed by atoms with E-state index in [0.717, 1.165) is 17.7 Å². The summed E-state index contributed by atoms with van der Waals surface area (Å²) in [4.78, 5) is 41.4. The molecule has 1 heterocycles. The van der Waals surface area contributed by atoms with Gasteiger partial charge in [-0.05, 0) is 50.5 Å². The molecule has 1 aliphatic heterocycles. The molecule has 7 nitrogen and oxygen atoms in total. The molecule has 1 saturated carbocycles. The normalized spacial score (nSPS) is 20.3. The minimum Gasteiger partial charge on any atom is -0.494 e. The van der Waals surface area contributed by atoms with Crippen molar-refractivity contribution in [3.63, 3.8) is 0 Å². The van der Waals surface area contributed by atoms with E-state index in [1.807, 2.05) is 6.92 Å². The zero-order valence-electron chi connectivity index (χ0n) is 18.1. The first-order valence-corrected chi connectivity index (χ1v) is 10.7. The lowest BCUT2D eigenvalue weighted by molar-refractivity contribution is -0.139. The monoisotopic (exact) mass is 439 g/mol. The molecule has 0 aromatic heterocycles. The summed E-state index contributed by atoms with van der Waals surface area (Å²) in [5.74, 6) is -0.599. The third-order valence-corrected chi connectivity index (χ3v) is 5.92. The Morgan fingerprint density at radius 1 is 1.19 bits per heavy atom. The van der Waals surface area contributed by atoms with Gasteiger partial charge in [0.05, 0.1) is 6.61 Å². The number of hydrogen-bond acceptors (Lipinski definition) is 4. The van der Waals surface area contributed by atoms with Crippen molar-refractivity contribution in [1.29, 1.82) is 0 Å². The van der Waals surface area contributed by atoms with Crippen LogP contribution in [-0.4, -0.2) is 46.8 Å². The van der Waals surface area contributed by atoms with Crippen molar-refractivity contribution >= 4 is 17.8 Å². The highest BCUT2D eigenvalue weighted by Crippen LogP contribution is 2.32. The molecule has 1 saturated heterocycles. The number of ether oxygens (including phenoxy) is 1. The van der Waals surface area contributed by atoms with E-state index in [1.54, 1.807) is 54.3 Å². The fourth-order valence-electron chi connectivity index (χ4n) is 3.93. The third kappa shape index (κ3) is 4.17. The molecule has 0 radical (unpaired) electrons. The Hall–Kier alpha value is -3.42. The number of carbonyl (C=O) groups is 3. The van der Waals surface area contributed by atoms with Crippen LogP contribution < -0.4 is 10.1 Å². The number of imide groups is 1. The molecule has 32 heavy (non-hydrogen) atoms. The van der Waals surface area contributed by atoms with Gasteiger partial charge in [-0.2, -0.15) is 0 Å². The van der Waals surface area contributed by atoms with Gasteiger partial charge in [0.15, 0.2) is 0 Å². The maximum absolute atomic E-state index is 14.1. The molecule has 2 aliphatic rings. The van der Waals surface area contributed by atoms with Gasteiger partial charge in [0.2, 0.25) is 5.91 Å². The van der Waals surface area contributed by atoms with Gasteiger partial charge in [0.25, 0.3) is 5.91 Å². The molecule has 1 atom stereocenters. The van der Waals surface area contributed by atoms with E-state index in [2.05, 4.69) is 5.32 Å². The van der Waals surface area contributed by atoms with Gasteiger partial charge in [0, 0.05) is 18.2 Å². The van der Waals surface area contributed by atoms with Crippen LogP contribution in [0.3, 0.4) is 0 Å². The third-order valence-electron chi connectivity index (χ3n) is 5.92. The van der Waals surface area contributed by atoms with Crippen LogP contribution >= 0.6 is 0 Å². The van der Waals surface area contributed by atoms with Crippen molar-refractivity contribution in [3.05, 3.63) is 65.5 Å². The molecule has 1 N–H and O–H groups in total. The second kappa shape index (κ2) is 8.61. The number of amides is 4. The maximum atomic E-state index is 14.1. The molecule has 0 bridgehead atoms. The molecule has 2 fully saturated rings. The Bertz CT molecular complexity index is 1040. The summed E-state index contributed by atoms with van der Waals surface area (Å²) in [6, 6.07) is 12.6. The summed E-state index contributed by atoms with van der Waals surface area (Å²) < 4.78 is 19.5.